The summed E-state index contributed by atoms with van der Waals surface area (Å²) in [5.74, 6) is -0.178. The second-order valence-corrected chi connectivity index (χ2v) is 7.88. The van der Waals surface area contributed by atoms with Gasteiger partial charge in [-0.15, -0.1) is 0 Å². The molecule has 0 radical (unpaired) electrons. The number of ether oxygens (including phenoxy) is 1. The summed E-state index contributed by atoms with van der Waals surface area (Å²) >= 11 is 0. The van der Waals surface area contributed by atoms with Crippen molar-refractivity contribution >= 4 is 10.8 Å². The van der Waals surface area contributed by atoms with Gasteiger partial charge in [0.15, 0.2) is 11.6 Å². The van der Waals surface area contributed by atoms with Gasteiger partial charge in [-0.1, -0.05) is 36.8 Å². The minimum atomic E-state index is -0.424. The van der Waals surface area contributed by atoms with Gasteiger partial charge < -0.3 is 9.72 Å². The highest BCUT2D eigenvalue weighted by Gasteiger charge is 2.23. The van der Waals surface area contributed by atoms with E-state index in [9.17, 15) is 4.79 Å². The summed E-state index contributed by atoms with van der Waals surface area (Å²) in [6, 6.07) is 11.9. The molecule has 3 aromatic rings. The van der Waals surface area contributed by atoms with Gasteiger partial charge in [-0.05, 0) is 49.4 Å². The van der Waals surface area contributed by atoms with Crippen LogP contribution >= 0.6 is 0 Å². The molecule has 2 heterocycles. The zero-order valence-corrected chi connectivity index (χ0v) is 17.0. The Hall–Kier alpha value is -2.66. The van der Waals surface area contributed by atoms with E-state index in [0.29, 0.717) is 17.2 Å². The van der Waals surface area contributed by atoms with Crippen LogP contribution in [-0.2, 0) is 13.0 Å². The number of aryl methyl sites for hydroxylation is 2. The number of aromatic amines is 1. The Bertz CT molecular complexity index is 1050. The second-order valence-electron chi connectivity index (χ2n) is 7.88. The molecule has 1 aromatic heterocycles. The van der Waals surface area contributed by atoms with Gasteiger partial charge in [0, 0.05) is 31.2 Å². The zero-order chi connectivity index (χ0) is 20.4. The van der Waals surface area contributed by atoms with Gasteiger partial charge in [0.2, 0.25) is 0 Å². The Kier molecular flexibility index (Phi) is 5.67. The number of piperidine rings is 1. The molecule has 0 unspecified atom stereocenters. The second kappa shape index (κ2) is 8.37. The lowest BCUT2D eigenvalue weighted by Gasteiger charge is -2.32. The van der Waals surface area contributed by atoms with E-state index in [1.807, 2.05) is 6.92 Å². The molecule has 0 amide bonds. The number of likely N-dealkylation sites (tertiary alicyclic amines) is 1. The van der Waals surface area contributed by atoms with Crippen molar-refractivity contribution in [2.75, 3.05) is 13.1 Å². The minimum Gasteiger partial charge on any atom is -0.487 e. The fourth-order valence-electron chi connectivity index (χ4n) is 4.05. The van der Waals surface area contributed by atoms with Gasteiger partial charge >= 0.3 is 0 Å². The Balaban J connectivity index is 1.44. The molecule has 1 aliphatic heterocycles. The number of aromatic nitrogens is 1. The van der Waals surface area contributed by atoms with Crippen LogP contribution in [0.15, 0.2) is 47.4 Å². The summed E-state index contributed by atoms with van der Waals surface area (Å²) in [4.78, 5) is 17.1. The SMILES string of the molecule is CCc1c[nH]c(=O)c2ccc(OC3CCN(Cc4ccc(C)cc4)CC3)c(F)c12. The van der Waals surface area contributed by atoms with Crippen molar-refractivity contribution in [2.24, 2.45) is 0 Å². The Morgan fingerprint density at radius 2 is 1.86 bits per heavy atom. The van der Waals surface area contributed by atoms with Gasteiger partial charge in [-0.3, -0.25) is 9.69 Å². The number of hydrogen-bond donors (Lipinski definition) is 1. The first kappa shape index (κ1) is 19.6. The zero-order valence-electron chi connectivity index (χ0n) is 17.0. The van der Waals surface area contributed by atoms with Crippen molar-refractivity contribution in [2.45, 2.75) is 45.8 Å². The molecule has 1 aliphatic rings. The highest BCUT2D eigenvalue weighted by molar-refractivity contribution is 5.86. The average molecular weight is 394 g/mol. The van der Waals surface area contributed by atoms with E-state index >= 15 is 4.39 Å². The fourth-order valence-corrected chi connectivity index (χ4v) is 4.05. The van der Waals surface area contributed by atoms with Crippen LogP contribution in [0, 0.1) is 12.7 Å². The van der Waals surface area contributed by atoms with Crippen molar-refractivity contribution in [1.82, 2.24) is 9.88 Å². The molecule has 4 nitrogen and oxygen atoms in total. The maximum atomic E-state index is 15.2. The Morgan fingerprint density at radius 3 is 2.55 bits per heavy atom. The quantitative estimate of drug-likeness (QED) is 0.689. The first-order chi connectivity index (χ1) is 14.0. The number of halogens is 1. The molecule has 2 aromatic carbocycles. The summed E-state index contributed by atoms with van der Waals surface area (Å²) < 4.78 is 21.2. The lowest BCUT2D eigenvalue weighted by molar-refractivity contribution is 0.0938. The largest absolute Gasteiger partial charge is 0.487 e. The molecule has 0 bridgehead atoms. The molecular formula is C24H27FN2O2. The summed E-state index contributed by atoms with van der Waals surface area (Å²) in [5, 5.41) is 0.757. The monoisotopic (exact) mass is 394 g/mol. The van der Waals surface area contributed by atoms with Crippen molar-refractivity contribution in [1.29, 1.82) is 0 Å². The van der Waals surface area contributed by atoms with E-state index in [1.54, 1.807) is 18.3 Å². The van der Waals surface area contributed by atoms with Crippen LogP contribution in [0.3, 0.4) is 0 Å². The number of benzene rings is 2. The van der Waals surface area contributed by atoms with Crippen molar-refractivity contribution < 1.29 is 9.13 Å². The van der Waals surface area contributed by atoms with E-state index in [1.165, 1.54) is 11.1 Å². The number of rotatable bonds is 5. The minimum absolute atomic E-state index is 0.0108. The van der Waals surface area contributed by atoms with Crippen molar-refractivity contribution in [3.63, 3.8) is 0 Å². The molecule has 1 N–H and O–H groups in total. The highest BCUT2D eigenvalue weighted by Crippen LogP contribution is 2.29. The smallest absolute Gasteiger partial charge is 0.255 e. The molecule has 29 heavy (non-hydrogen) atoms. The fraction of sp³-hybridized carbons (Fsp3) is 0.375. The van der Waals surface area contributed by atoms with Crippen LogP contribution in [0.25, 0.3) is 10.8 Å². The van der Waals surface area contributed by atoms with Crippen LogP contribution in [0.4, 0.5) is 4.39 Å². The first-order valence-electron chi connectivity index (χ1n) is 10.3. The molecule has 0 spiro atoms. The van der Waals surface area contributed by atoms with Crippen LogP contribution in [-0.4, -0.2) is 29.1 Å². The van der Waals surface area contributed by atoms with Crippen molar-refractivity contribution in [3.8, 4) is 5.75 Å². The van der Waals surface area contributed by atoms with E-state index in [-0.39, 0.29) is 17.4 Å². The summed E-state index contributed by atoms with van der Waals surface area (Å²) in [7, 11) is 0. The predicted octanol–water partition coefficient (Wildman–Crippen LogP) is 4.58. The van der Waals surface area contributed by atoms with Crippen LogP contribution in [0.1, 0.15) is 36.5 Å². The molecule has 0 saturated carbocycles. The molecule has 1 fully saturated rings. The molecule has 4 rings (SSSR count). The molecule has 0 atom stereocenters. The lowest BCUT2D eigenvalue weighted by Crippen LogP contribution is -2.37. The molecule has 5 heteroatoms. The van der Waals surface area contributed by atoms with Crippen LogP contribution in [0.5, 0.6) is 5.75 Å². The molecule has 0 aliphatic carbocycles. The van der Waals surface area contributed by atoms with Crippen LogP contribution < -0.4 is 10.3 Å². The normalized spacial score (nSPS) is 15.7. The number of fused-ring (bicyclic) bond motifs is 1. The number of H-pyrrole nitrogens is 1. The van der Waals surface area contributed by atoms with Gasteiger partial charge in [0.05, 0.1) is 5.39 Å². The first-order valence-corrected chi connectivity index (χ1v) is 10.3. The highest BCUT2D eigenvalue weighted by atomic mass is 19.1. The van der Waals surface area contributed by atoms with Gasteiger partial charge in [-0.25, -0.2) is 4.39 Å². The van der Waals surface area contributed by atoms with E-state index < -0.39 is 5.82 Å². The lowest BCUT2D eigenvalue weighted by atomic mass is 10.0. The number of hydrogen-bond acceptors (Lipinski definition) is 3. The van der Waals surface area contributed by atoms with E-state index in [2.05, 4.69) is 41.1 Å². The average Bonchev–Trinajstić information content (AvgIpc) is 2.73. The van der Waals surface area contributed by atoms with Gasteiger partial charge in [0.1, 0.15) is 6.10 Å². The molecule has 1 saturated heterocycles. The van der Waals surface area contributed by atoms with E-state index in [0.717, 1.165) is 38.0 Å². The third kappa shape index (κ3) is 4.20. The molecular weight excluding hydrogens is 367 g/mol. The summed E-state index contributed by atoms with van der Waals surface area (Å²) in [5.41, 5.74) is 3.10. The van der Waals surface area contributed by atoms with Gasteiger partial charge in [-0.2, -0.15) is 0 Å². The third-order valence-corrected chi connectivity index (χ3v) is 5.79. The maximum Gasteiger partial charge on any atom is 0.255 e. The number of nitrogens with zero attached hydrogens (tertiary/aromatic N) is 1. The summed E-state index contributed by atoms with van der Waals surface area (Å²) in [6.45, 7) is 6.82. The Morgan fingerprint density at radius 1 is 1.14 bits per heavy atom. The predicted molar refractivity (Wildman–Crippen MR) is 114 cm³/mol. The van der Waals surface area contributed by atoms with E-state index in [4.69, 9.17) is 4.74 Å². The third-order valence-electron chi connectivity index (χ3n) is 5.79. The summed E-state index contributed by atoms with van der Waals surface area (Å²) in [6.07, 6.45) is 3.95. The maximum absolute atomic E-state index is 15.2. The number of nitrogens with one attached hydrogen (secondary N) is 1. The van der Waals surface area contributed by atoms with Crippen LogP contribution in [0.2, 0.25) is 0 Å². The Labute approximate surface area is 170 Å². The standard InChI is InChI=1S/C24H27FN2O2/c1-3-18-14-26-24(28)20-8-9-21(23(25)22(18)20)29-19-10-12-27(13-11-19)15-17-6-4-16(2)5-7-17/h4-9,14,19H,3,10-13,15H2,1-2H3,(H,26,28). The number of pyridine rings is 1. The van der Waals surface area contributed by atoms with Gasteiger partial charge in [0.25, 0.3) is 5.56 Å². The molecule has 152 valence electrons. The van der Waals surface area contributed by atoms with Crippen molar-refractivity contribution in [3.05, 3.63) is 75.5 Å². The topological polar surface area (TPSA) is 45.3 Å².